The molecule has 0 aromatic heterocycles. The normalized spacial score (nSPS) is 12.9. The van der Waals surface area contributed by atoms with Crippen LogP contribution >= 0.6 is 23.5 Å². The summed E-state index contributed by atoms with van der Waals surface area (Å²) in [6, 6.07) is 18.9. The van der Waals surface area contributed by atoms with Crippen LogP contribution in [0.4, 0.5) is 0 Å². The van der Waals surface area contributed by atoms with Crippen LogP contribution in [0.5, 0.6) is 0 Å². The van der Waals surface area contributed by atoms with Crippen LogP contribution in [-0.4, -0.2) is 36.7 Å². The number of hydrogen-bond acceptors (Lipinski definition) is 6. The molecule has 2 unspecified atom stereocenters. The third kappa shape index (κ3) is 5.04. The number of esters is 2. The minimum atomic E-state index is -0.713. The number of rotatable bonds is 7. The van der Waals surface area contributed by atoms with E-state index in [1.54, 1.807) is 0 Å². The Kier molecular flexibility index (Phi) is 7.21. The van der Waals surface area contributed by atoms with E-state index in [1.807, 2.05) is 60.7 Å². The number of carbonyl (C=O) groups excluding carboxylic acids is 2. The number of hydrogen-bond donors (Lipinski definition) is 0. The third-order valence-corrected chi connectivity index (χ3v) is 5.85. The number of ether oxygens (including phenoxy) is 2. The fourth-order valence-corrected chi connectivity index (χ4v) is 4.39. The summed E-state index contributed by atoms with van der Waals surface area (Å²) in [6.07, 6.45) is 0. The zero-order valence-electron chi connectivity index (χ0n) is 13.4. The van der Waals surface area contributed by atoms with Crippen LogP contribution in [0.2, 0.25) is 0 Å². The molecule has 24 heavy (non-hydrogen) atoms. The summed E-state index contributed by atoms with van der Waals surface area (Å²) in [5.41, 5.74) is 0. The van der Waals surface area contributed by atoms with Crippen molar-refractivity contribution in [3.63, 3.8) is 0 Å². The van der Waals surface area contributed by atoms with Crippen LogP contribution in [0, 0.1) is 0 Å². The second kappa shape index (κ2) is 9.39. The Balaban J connectivity index is 2.29. The van der Waals surface area contributed by atoms with Crippen molar-refractivity contribution in [3.8, 4) is 0 Å². The van der Waals surface area contributed by atoms with E-state index in [0.29, 0.717) is 0 Å². The van der Waals surface area contributed by atoms with Crippen LogP contribution in [0.15, 0.2) is 70.5 Å². The molecule has 0 saturated heterocycles. The maximum absolute atomic E-state index is 12.3. The molecule has 0 spiro atoms. The van der Waals surface area contributed by atoms with Gasteiger partial charge in [0.15, 0.2) is 0 Å². The molecule has 126 valence electrons. The fraction of sp³-hybridized carbons (Fsp3) is 0.222. The first-order valence-electron chi connectivity index (χ1n) is 7.24. The van der Waals surface area contributed by atoms with E-state index in [1.165, 1.54) is 37.7 Å². The van der Waals surface area contributed by atoms with Crippen LogP contribution in [-0.2, 0) is 19.1 Å². The standard InChI is InChI=1S/C18H18O4S2/c1-21-17(19)15(23-13-9-5-3-6-10-13)16(18(20)22-2)24-14-11-7-4-8-12-14/h3-12,15-16H,1-2H3. The molecule has 0 amide bonds. The van der Waals surface area contributed by atoms with Crippen molar-refractivity contribution in [2.45, 2.75) is 20.3 Å². The van der Waals surface area contributed by atoms with Crippen molar-refractivity contribution in [1.82, 2.24) is 0 Å². The Morgan fingerprint density at radius 3 is 1.33 bits per heavy atom. The van der Waals surface area contributed by atoms with Gasteiger partial charge in [-0.25, -0.2) is 0 Å². The highest BCUT2D eigenvalue weighted by molar-refractivity contribution is 8.04. The third-order valence-electron chi connectivity index (χ3n) is 3.15. The molecule has 0 aliphatic carbocycles. The highest BCUT2D eigenvalue weighted by atomic mass is 32.2. The number of carbonyl (C=O) groups is 2. The van der Waals surface area contributed by atoms with E-state index in [-0.39, 0.29) is 0 Å². The molecule has 6 heteroatoms. The van der Waals surface area contributed by atoms with Crippen molar-refractivity contribution in [2.24, 2.45) is 0 Å². The SMILES string of the molecule is COC(=O)C(Sc1ccccc1)C(Sc1ccccc1)C(=O)OC. The highest BCUT2D eigenvalue weighted by Crippen LogP contribution is 2.35. The molecule has 0 aliphatic heterocycles. The second-order valence-corrected chi connectivity index (χ2v) is 7.18. The van der Waals surface area contributed by atoms with E-state index in [2.05, 4.69) is 0 Å². The number of thioether (sulfide) groups is 2. The van der Waals surface area contributed by atoms with Crippen molar-refractivity contribution in [2.75, 3.05) is 14.2 Å². The fourth-order valence-electron chi connectivity index (χ4n) is 1.99. The molecule has 0 radical (unpaired) electrons. The monoisotopic (exact) mass is 362 g/mol. The Hall–Kier alpha value is -1.92. The van der Waals surface area contributed by atoms with Gasteiger partial charge in [-0.3, -0.25) is 9.59 Å². The van der Waals surface area contributed by atoms with Gasteiger partial charge in [-0.2, -0.15) is 0 Å². The van der Waals surface area contributed by atoms with Gasteiger partial charge in [0, 0.05) is 9.79 Å². The average molecular weight is 362 g/mol. The average Bonchev–Trinajstić information content (AvgIpc) is 2.65. The van der Waals surface area contributed by atoms with E-state index >= 15 is 0 Å². The topological polar surface area (TPSA) is 52.6 Å². The zero-order chi connectivity index (χ0) is 17.4. The molecule has 0 aliphatic rings. The van der Waals surface area contributed by atoms with Crippen molar-refractivity contribution < 1.29 is 19.1 Å². The van der Waals surface area contributed by atoms with Crippen molar-refractivity contribution in [1.29, 1.82) is 0 Å². The molecule has 2 aromatic carbocycles. The van der Waals surface area contributed by atoms with Crippen molar-refractivity contribution >= 4 is 35.5 Å². The van der Waals surface area contributed by atoms with Gasteiger partial charge in [0.25, 0.3) is 0 Å². The van der Waals surface area contributed by atoms with Gasteiger partial charge in [-0.1, -0.05) is 36.4 Å². The van der Waals surface area contributed by atoms with Crippen LogP contribution in [0.25, 0.3) is 0 Å². The molecular weight excluding hydrogens is 344 g/mol. The predicted molar refractivity (Wildman–Crippen MR) is 96.2 cm³/mol. The minimum absolute atomic E-state index is 0.456. The number of methoxy groups -OCH3 is 2. The summed E-state index contributed by atoms with van der Waals surface area (Å²) in [5, 5.41) is -1.43. The van der Waals surface area contributed by atoms with E-state index < -0.39 is 22.4 Å². The lowest BCUT2D eigenvalue weighted by Crippen LogP contribution is -2.36. The first-order valence-corrected chi connectivity index (χ1v) is 9.00. The second-order valence-electron chi connectivity index (χ2n) is 4.75. The van der Waals surface area contributed by atoms with Gasteiger partial charge in [0.2, 0.25) is 0 Å². The summed E-state index contributed by atoms with van der Waals surface area (Å²) >= 11 is 2.59. The summed E-state index contributed by atoms with van der Waals surface area (Å²) < 4.78 is 9.83. The number of benzene rings is 2. The quantitative estimate of drug-likeness (QED) is 0.553. The molecule has 0 saturated carbocycles. The van der Waals surface area contributed by atoms with E-state index in [4.69, 9.17) is 9.47 Å². The van der Waals surface area contributed by atoms with Crippen LogP contribution in [0.1, 0.15) is 0 Å². The Morgan fingerprint density at radius 1 is 0.708 bits per heavy atom. The first-order chi connectivity index (χ1) is 11.7. The van der Waals surface area contributed by atoms with Gasteiger partial charge < -0.3 is 9.47 Å². The largest absolute Gasteiger partial charge is 0.468 e. The lowest BCUT2D eigenvalue weighted by molar-refractivity contribution is -0.146. The van der Waals surface area contributed by atoms with Gasteiger partial charge in [0.1, 0.15) is 10.5 Å². The van der Waals surface area contributed by atoms with Gasteiger partial charge >= 0.3 is 11.9 Å². The smallest absolute Gasteiger partial charge is 0.320 e. The lowest BCUT2D eigenvalue weighted by Gasteiger charge is -2.22. The van der Waals surface area contributed by atoms with Gasteiger partial charge in [-0.15, -0.1) is 23.5 Å². The zero-order valence-corrected chi connectivity index (χ0v) is 15.0. The van der Waals surface area contributed by atoms with Crippen molar-refractivity contribution in [3.05, 3.63) is 60.7 Å². The Morgan fingerprint density at radius 2 is 1.04 bits per heavy atom. The van der Waals surface area contributed by atoms with Crippen LogP contribution < -0.4 is 0 Å². The Bertz CT molecular complexity index is 602. The molecular formula is C18H18O4S2. The molecule has 0 bridgehead atoms. The maximum atomic E-state index is 12.3. The summed E-state index contributed by atoms with van der Waals surface area (Å²) in [6.45, 7) is 0. The molecule has 2 rings (SSSR count). The summed E-state index contributed by atoms with van der Waals surface area (Å²) in [7, 11) is 2.64. The molecule has 2 atom stereocenters. The maximum Gasteiger partial charge on any atom is 0.320 e. The highest BCUT2D eigenvalue weighted by Gasteiger charge is 2.37. The molecule has 4 nitrogen and oxygen atoms in total. The molecule has 0 fully saturated rings. The molecule has 2 aromatic rings. The predicted octanol–water partition coefficient (Wildman–Crippen LogP) is 3.65. The van der Waals surface area contributed by atoms with Gasteiger partial charge in [0.05, 0.1) is 14.2 Å². The first kappa shape index (κ1) is 18.4. The van der Waals surface area contributed by atoms with E-state index in [9.17, 15) is 9.59 Å². The summed E-state index contributed by atoms with van der Waals surface area (Å²) in [5.74, 6) is -0.912. The molecule has 0 heterocycles. The minimum Gasteiger partial charge on any atom is -0.468 e. The summed E-state index contributed by atoms with van der Waals surface area (Å²) in [4.78, 5) is 26.4. The van der Waals surface area contributed by atoms with Crippen LogP contribution in [0.3, 0.4) is 0 Å². The lowest BCUT2D eigenvalue weighted by atomic mass is 10.3. The van der Waals surface area contributed by atoms with E-state index in [0.717, 1.165) is 9.79 Å². The van der Waals surface area contributed by atoms with Gasteiger partial charge in [-0.05, 0) is 24.3 Å². The molecule has 0 N–H and O–H groups in total. The Labute approximate surface area is 149 Å².